The van der Waals surface area contributed by atoms with E-state index in [0.717, 1.165) is 24.0 Å². The van der Waals surface area contributed by atoms with E-state index in [1.807, 2.05) is 18.2 Å². The van der Waals surface area contributed by atoms with Crippen molar-refractivity contribution in [3.63, 3.8) is 0 Å². The maximum Gasteiger partial charge on any atom is 0.256 e. The second kappa shape index (κ2) is 8.68. The Morgan fingerprint density at radius 1 is 1.06 bits per heavy atom. The van der Waals surface area contributed by atoms with Crippen molar-refractivity contribution in [1.82, 2.24) is 9.97 Å². The maximum absolute atomic E-state index is 13.0. The van der Waals surface area contributed by atoms with Crippen LogP contribution < -0.4 is 10.6 Å². The highest BCUT2D eigenvalue weighted by Crippen LogP contribution is 2.31. The number of benzene rings is 1. The standard InChI is InChI=1S/C25H26N4O2/c1-15(2)20-6-4-5-7-22(20)18-12-19(14-26-13-18)28-25(31)21-10-11-27-23(16(21)3)29-24(30)17-8-9-17/h4-7,10-15,17H,8-9H2,1-3H3,(H,28,31)(H,27,29,30). The van der Waals surface area contributed by atoms with Gasteiger partial charge in [0.25, 0.3) is 5.91 Å². The fourth-order valence-corrected chi connectivity index (χ4v) is 3.59. The average Bonchev–Trinajstić information content (AvgIpc) is 3.61. The van der Waals surface area contributed by atoms with Crippen molar-refractivity contribution < 1.29 is 9.59 Å². The normalized spacial score (nSPS) is 13.2. The van der Waals surface area contributed by atoms with E-state index in [0.29, 0.717) is 28.6 Å². The lowest BCUT2D eigenvalue weighted by molar-refractivity contribution is -0.117. The first-order chi connectivity index (χ1) is 14.9. The molecule has 1 saturated carbocycles. The monoisotopic (exact) mass is 414 g/mol. The number of hydrogen-bond donors (Lipinski definition) is 2. The Balaban J connectivity index is 1.56. The van der Waals surface area contributed by atoms with Gasteiger partial charge in [0, 0.05) is 35.0 Å². The summed E-state index contributed by atoms with van der Waals surface area (Å²) in [6, 6.07) is 11.8. The van der Waals surface area contributed by atoms with Gasteiger partial charge < -0.3 is 10.6 Å². The molecular formula is C25H26N4O2. The smallest absolute Gasteiger partial charge is 0.256 e. The molecule has 0 atom stereocenters. The Morgan fingerprint density at radius 3 is 2.58 bits per heavy atom. The van der Waals surface area contributed by atoms with Crippen LogP contribution in [-0.2, 0) is 4.79 Å². The molecule has 2 N–H and O–H groups in total. The first kappa shape index (κ1) is 20.7. The van der Waals surface area contributed by atoms with Crippen LogP contribution in [0.3, 0.4) is 0 Å². The van der Waals surface area contributed by atoms with Gasteiger partial charge in [0.1, 0.15) is 5.82 Å². The Kier molecular flexibility index (Phi) is 5.80. The summed E-state index contributed by atoms with van der Waals surface area (Å²) in [6.45, 7) is 6.10. The SMILES string of the molecule is Cc1c(C(=O)Nc2cncc(-c3ccccc3C(C)C)c2)ccnc1NC(=O)C1CC1. The number of hydrogen-bond acceptors (Lipinski definition) is 4. The molecule has 1 aliphatic rings. The molecule has 158 valence electrons. The van der Waals surface area contributed by atoms with E-state index in [4.69, 9.17) is 0 Å². The van der Waals surface area contributed by atoms with Crippen LogP contribution in [0.25, 0.3) is 11.1 Å². The van der Waals surface area contributed by atoms with Gasteiger partial charge in [-0.3, -0.25) is 14.6 Å². The molecule has 0 aliphatic heterocycles. The van der Waals surface area contributed by atoms with Crippen LogP contribution in [0.1, 0.15) is 54.1 Å². The summed E-state index contributed by atoms with van der Waals surface area (Å²) < 4.78 is 0. The minimum absolute atomic E-state index is 0.0334. The van der Waals surface area contributed by atoms with Gasteiger partial charge in [0.05, 0.1) is 11.9 Å². The molecule has 0 bridgehead atoms. The van der Waals surface area contributed by atoms with Gasteiger partial charge in [-0.25, -0.2) is 4.98 Å². The zero-order chi connectivity index (χ0) is 22.0. The molecule has 0 saturated heterocycles. The molecule has 2 amide bonds. The van der Waals surface area contributed by atoms with Gasteiger partial charge in [-0.2, -0.15) is 0 Å². The minimum atomic E-state index is -0.266. The van der Waals surface area contributed by atoms with E-state index >= 15 is 0 Å². The Hall–Kier alpha value is -3.54. The van der Waals surface area contributed by atoms with Crippen LogP contribution >= 0.6 is 0 Å². The highest BCUT2D eigenvalue weighted by molar-refractivity contribution is 6.06. The largest absolute Gasteiger partial charge is 0.321 e. The van der Waals surface area contributed by atoms with Crippen LogP contribution in [0, 0.1) is 12.8 Å². The maximum atomic E-state index is 13.0. The molecule has 0 radical (unpaired) electrons. The van der Waals surface area contributed by atoms with Crippen LogP contribution in [0.4, 0.5) is 11.5 Å². The topological polar surface area (TPSA) is 84.0 Å². The van der Waals surface area contributed by atoms with Gasteiger partial charge in [-0.1, -0.05) is 38.1 Å². The zero-order valence-corrected chi connectivity index (χ0v) is 18.0. The van der Waals surface area contributed by atoms with Crippen molar-refractivity contribution in [3.8, 4) is 11.1 Å². The molecule has 31 heavy (non-hydrogen) atoms. The number of nitrogens with one attached hydrogen (secondary N) is 2. The van der Waals surface area contributed by atoms with Gasteiger partial charge in [-0.05, 0) is 48.9 Å². The molecule has 0 unspecified atom stereocenters. The lowest BCUT2D eigenvalue weighted by Crippen LogP contribution is -2.18. The molecule has 2 aromatic heterocycles. The quantitative estimate of drug-likeness (QED) is 0.582. The molecule has 4 rings (SSSR count). The van der Waals surface area contributed by atoms with E-state index in [2.05, 4.69) is 46.6 Å². The van der Waals surface area contributed by atoms with E-state index in [9.17, 15) is 9.59 Å². The molecule has 2 heterocycles. The van der Waals surface area contributed by atoms with Crippen molar-refractivity contribution in [2.75, 3.05) is 10.6 Å². The highest BCUT2D eigenvalue weighted by atomic mass is 16.2. The van der Waals surface area contributed by atoms with E-state index in [1.54, 1.807) is 25.4 Å². The number of rotatable bonds is 6. The van der Waals surface area contributed by atoms with Crippen molar-refractivity contribution in [2.45, 2.75) is 39.5 Å². The lowest BCUT2D eigenvalue weighted by atomic mass is 9.93. The van der Waals surface area contributed by atoms with Gasteiger partial charge in [0.2, 0.25) is 5.91 Å². The Morgan fingerprint density at radius 2 is 1.84 bits per heavy atom. The number of nitrogens with zero attached hydrogens (tertiary/aromatic N) is 2. The van der Waals surface area contributed by atoms with Crippen molar-refractivity contribution in [2.24, 2.45) is 5.92 Å². The number of carbonyl (C=O) groups is 2. The predicted molar refractivity (Wildman–Crippen MR) is 122 cm³/mol. The first-order valence-electron chi connectivity index (χ1n) is 10.6. The van der Waals surface area contributed by atoms with Crippen molar-refractivity contribution in [1.29, 1.82) is 0 Å². The average molecular weight is 415 g/mol. The molecule has 1 aromatic carbocycles. The van der Waals surface area contributed by atoms with Crippen LogP contribution in [-0.4, -0.2) is 21.8 Å². The third-order valence-corrected chi connectivity index (χ3v) is 5.53. The lowest BCUT2D eigenvalue weighted by Gasteiger charge is -2.14. The first-order valence-corrected chi connectivity index (χ1v) is 10.6. The Bertz CT molecular complexity index is 1140. The summed E-state index contributed by atoms with van der Waals surface area (Å²) in [4.78, 5) is 33.6. The summed E-state index contributed by atoms with van der Waals surface area (Å²) in [5.74, 6) is 0.577. The molecule has 6 heteroatoms. The van der Waals surface area contributed by atoms with Crippen LogP contribution in [0.5, 0.6) is 0 Å². The highest BCUT2D eigenvalue weighted by Gasteiger charge is 2.30. The number of pyridine rings is 2. The molecular weight excluding hydrogens is 388 g/mol. The predicted octanol–water partition coefficient (Wildman–Crippen LogP) is 5.18. The molecule has 3 aromatic rings. The van der Waals surface area contributed by atoms with Gasteiger partial charge in [0.15, 0.2) is 0 Å². The number of anilines is 2. The minimum Gasteiger partial charge on any atom is -0.321 e. The van der Waals surface area contributed by atoms with Crippen molar-refractivity contribution in [3.05, 3.63) is 71.7 Å². The van der Waals surface area contributed by atoms with E-state index in [1.165, 1.54) is 11.8 Å². The summed E-state index contributed by atoms with van der Waals surface area (Å²) in [6.07, 6.45) is 6.80. The molecule has 6 nitrogen and oxygen atoms in total. The van der Waals surface area contributed by atoms with Gasteiger partial charge in [-0.15, -0.1) is 0 Å². The van der Waals surface area contributed by atoms with Crippen LogP contribution in [0.15, 0.2) is 55.0 Å². The second-order valence-electron chi connectivity index (χ2n) is 8.25. The summed E-state index contributed by atoms with van der Waals surface area (Å²) in [7, 11) is 0. The third kappa shape index (κ3) is 4.63. The fourth-order valence-electron chi connectivity index (χ4n) is 3.59. The summed E-state index contributed by atoms with van der Waals surface area (Å²) in [5, 5.41) is 5.77. The second-order valence-corrected chi connectivity index (χ2v) is 8.25. The Labute approximate surface area is 182 Å². The molecule has 1 fully saturated rings. The van der Waals surface area contributed by atoms with Crippen molar-refractivity contribution >= 4 is 23.3 Å². The van der Waals surface area contributed by atoms with Crippen LogP contribution in [0.2, 0.25) is 0 Å². The number of carbonyl (C=O) groups excluding carboxylic acids is 2. The zero-order valence-electron chi connectivity index (χ0n) is 18.0. The summed E-state index contributed by atoms with van der Waals surface area (Å²) in [5.41, 5.74) is 5.00. The fraction of sp³-hybridized carbons (Fsp3) is 0.280. The number of amides is 2. The van der Waals surface area contributed by atoms with E-state index in [-0.39, 0.29) is 17.7 Å². The van der Waals surface area contributed by atoms with E-state index < -0.39 is 0 Å². The summed E-state index contributed by atoms with van der Waals surface area (Å²) >= 11 is 0. The molecule has 0 spiro atoms. The third-order valence-electron chi connectivity index (χ3n) is 5.53. The number of aromatic nitrogens is 2. The van der Waals surface area contributed by atoms with Gasteiger partial charge >= 0.3 is 0 Å². The molecule has 1 aliphatic carbocycles.